The lowest BCUT2D eigenvalue weighted by atomic mass is 9.98. The zero-order valence-corrected chi connectivity index (χ0v) is 12.7. The summed E-state index contributed by atoms with van der Waals surface area (Å²) in [5.41, 5.74) is 1.10. The molecule has 2 aliphatic rings. The van der Waals surface area contributed by atoms with E-state index in [0.29, 0.717) is 18.6 Å². The molecule has 3 rings (SSSR count). The number of anilines is 2. The van der Waals surface area contributed by atoms with Crippen molar-refractivity contribution >= 4 is 11.5 Å². The summed E-state index contributed by atoms with van der Waals surface area (Å²) in [6, 6.07) is 4.45. The molecule has 0 radical (unpaired) electrons. The molecule has 0 saturated carbocycles. The Labute approximate surface area is 126 Å². The molecule has 1 aromatic heterocycles. The second kappa shape index (κ2) is 6.62. The molecule has 0 amide bonds. The van der Waals surface area contributed by atoms with Gasteiger partial charge in [0.25, 0.3) is 0 Å². The van der Waals surface area contributed by atoms with Gasteiger partial charge in [-0.05, 0) is 44.2 Å². The number of hydrogen-bond acceptors (Lipinski definition) is 5. The molecule has 0 spiro atoms. The molecule has 116 valence electrons. The van der Waals surface area contributed by atoms with Gasteiger partial charge in [0.2, 0.25) is 0 Å². The molecular weight excluding hydrogens is 266 g/mol. The number of hydrogen-bond donors (Lipinski definition) is 2. The second-order valence-corrected chi connectivity index (χ2v) is 6.10. The molecule has 0 aliphatic carbocycles. The van der Waals surface area contributed by atoms with E-state index in [4.69, 9.17) is 4.74 Å². The number of nitrogens with zero attached hydrogens (tertiary/aromatic N) is 2. The van der Waals surface area contributed by atoms with Gasteiger partial charge in [-0.2, -0.15) is 0 Å². The van der Waals surface area contributed by atoms with Crippen molar-refractivity contribution in [2.24, 2.45) is 5.92 Å². The third kappa shape index (κ3) is 3.30. The van der Waals surface area contributed by atoms with Crippen LogP contribution in [0.4, 0.5) is 11.5 Å². The summed E-state index contributed by atoms with van der Waals surface area (Å²) in [5.74, 6) is 1.48. The summed E-state index contributed by atoms with van der Waals surface area (Å²) in [6.45, 7) is 5.18. The maximum Gasteiger partial charge on any atom is 0.151 e. The van der Waals surface area contributed by atoms with Crippen LogP contribution >= 0.6 is 0 Å². The van der Waals surface area contributed by atoms with E-state index in [9.17, 15) is 5.11 Å². The standard InChI is InChI=1S/C16H25N3O2/c1-12-14(6-10-21-12)18-15-3-2-7-17-16(15)19-8-4-13(11-20)5-9-19/h2-3,7,12-14,18,20H,4-6,8-11H2,1H3/t12-,14-/m1/s1. The number of nitrogens with one attached hydrogen (secondary N) is 1. The molecule has 2 N–H and O–H groups in total. The molecule has 5 nitrogen and oxygen atoms in total. The second-order valence-electron chi connectivity index (χ2n) is 6.10. The molecule has 3 heterocycles. The lowest BCUT2D eigenvalue weighted by Gasteiger charge is -2.33. The van der Waals surface area contributed by atoms with E-state index in [2.05, 4.69) is 28.2 Å². The van der Waals surface area contributed by atoms with Gasteiger partial charge in [0, 0.05) is 32.5 Å². The summed E-state index contributed by atoms with van der Waals surface area (Å²) >= 11 is 0. The number of pyridine rings is 1. The van der Waals surface area contributed by atoms with Crippen molar-refractivity contribution in [3.8, 4) is 0 Å². The molecule has 2 fully saturated rings. The fourth-order valence-corrected chi connectivity index (χ4v) is 3.21. The molecule has 0 aromatic carbocycles. The van der Waals surface area contributed by atoms with E-state index in [-0.39, 0.29) is 6.10 Å². The number of piperidine rings is 1. The molecule has 0 bridgehead atoms. The minimum atomic E-state index is 0.248. The normalized spacial score (nSPS) is 27.0. The SMILES string of the molecule is C[C@H]1OCC[C@H]1Nc1cccnc1N1CCC(CO)CC1. The van der Waals surface area contributed by atoms with Crippen molar-refractivity contribution in [3.05, 3.63) is 18.3 Å². The van der Waals surface area contributed by atoms with Crippen molar-refractivity contribution < 1.29 is 9.84 Å². The Bertz CT molecular complexity index is 461. The maximum atomic E-state index is 9.26. The molecule has 2 atom stereocenters. The van der Waals surface area contributed by atoms with Crippen LogP contribution in [0.5, 0.6) is 0 Å². The Morgan fingerprint density at radius 1 is 1.38 bits per heavy atom. The Morgan fingerprint density at radius 2 is 2.19 bits per heavy atom. The average Bonchev–Trinajstić information content (AvgIpc) is 2.93. The van der Waals surface area contributed by atoms with Gasteiger partial charge in [-0.3, -0.25) is 0 Å². The molecule has 0 unspecified atom stereocenters. The van der Waals surface area contributed by atoms with Crippen LogP contribution in [0.1, 0.15) is 26.2 Å². The molecule has 2 aliphatic heterocycles. The first-order valence-corrected chi connectivity index (χ1v) is 7.97. The van der Waals surface area contributed by atoms with Crippen molar-refractivity contribution in [3.63, 3.8) is 0 Å². The molecular formula is C16H25N3O2. The third-order valence-electron chi connectivity index (χ3n) is 4.68. The van der Waals surface area contributed by atoms with Crippen LogP contribution in [0, 0.1) is 5.92 Å². The first-order chi connectivity index (χ1) is 10.3. The van der Waals surface area contributed by atoms with Crippen LogP contribution < -0.4 is 10.2 Å². The topological polar surface area (TPSA) is 57.6 Å². The van der Waals surface area contributed by atoms with Crippen molar-refractivity contribution in [2.75, 3.05) is 36.5 Å². The van der Waals surface area contributed by atoms with Gasteiger partial charge in [0.1, 0.15) is 0 Å². The van der Waals surface area contributed by atoms with E-state index >= 15 is 0 Å². The molecule has 2 saturated heterocycles. The monoisotopic (exact) mass is 291 g/mol. The van der Waals surface area contributed by atoms with Gasteiger partial charge in [-0.25, -0.2) is 4.98 Å². The Hall–Kier alpha value is -1.33. The summed E-state index contributed by atoms with van der Waals surface area (Å²) in [7, 11) is 0. The van der Waals surface area contributed by atoms with Crippen LogP contribution in [0.2, 0.25) is 0 Å². The summed E-state index contributed by atoms with van der Waals surface area (Å²) in [6.07, 6.45) is 5.22. The first kappa shape index (κ1) is 14.6. The van der Waals surface area contributed by atoms with Crippen molar-refractivity contribution in [1.29, 1.82) is 0 Å². The summed E-state index contributed by atoms with van der Waals surface area (Å²) in [5, 5.41) is 12.9. The minimum absolute atomic E-state index is 0.248. The van der Waals surface area contributed by atoms with E-state index in [1.807, 2.05) is 12.3 Å². The van der Waals surface area contributed by atoms with Crippen LogP contribution in [0.15, 0.2) is 18.3 Å². The molecule has 5 heteroatoms. The fourth-order valence-electron chi connectivity index (χ4n) is 3.21. The van der Waals surface area contributed by atoms with E-state index in [1.54, 1.807) is 0 Å². The minimum Gasteiger partial charge on any atom is -0.396 e. The van der Waals surface area contributed by atoms with Gasteiger partial charge in [-0.1, -0.05) is 0 Å². The van der Waals surface area contributed by atoms with Crippen molar-refractivity contribution in [1.82, 2.24) is 4.98 Å². The highest BCUT2D eigenvalue weighted by Gasteiger charge is 2.26. The number of aromatic nitrogens is 1. The van der Waals surface area contributed by atoms with Gasteiger partial charge < -0.3 is 20.1 Å². The lowest BCUT2D eigenvalue weighted by molar-refractivity contribution is 0.121. The maximum absolute atomic E-state index is 9.26. The summed E-state index contributed by atoms with van der Waals surface area (Å²) in [4.78, 5) is 6.91. The zero-order chi connectivity index (χ0) is 14.7. The highest BCUT2D eigenvalue weighted by Crippen LogP contribution is 2.29. The van der Waals surface area contributed by atoms with Gasteiger partial charge in [0.05, 0.1) is 17.8 Å². The Morgan fingerprint density at radius 3 is 2.86 bits per heavy atom. The van der Waals surface area contributed by atoms with E-state index in [1.165, 1.54) is 0 Å². The fraction of sp³-hybridized carbons (Fsp3) is 0.688. The van der Waals surface area contributed by atoms with Crippen LogP contribution in [-0.2, 0) is 4.74 Å². The highest BCUT2D eigenvalue weighted by atomic mass is 16.5. The largest absolute Gasteiger partial charge is 0.396 e. The van der Waals surface area contributed by atoms with Crippen LogP contribution in [-0.4, -0.2) is 48.5 Å². The predicted octanol–water partition coefficient (Wildman–Crippen LogP) is 1.88. The molecule has 21 heavy (non-hydrogen) atoms. The number of ether oxygens (including phenoxy) is 1. The van der Waals surface area contributed by atoms with Gasteiger partial charge in [-0.15, -0.1) is 0 Å². The quantitative estimate of drug-likeness (QED) is 0.887. The number of aliphatic hydroxyl groups is 1. The van der Waals surface area contributed by atoms with E-state index in [0.717, 1.165) is 50.5 Å². The average molecular weight is 291 g/mol. The predicted molar refractivity (Wildman–Crippen MR) is 83.7 cm³/mol. The lowest BCUT2D eigenvalue weighted by Crippen LogP contribution is -2.36. The van der Waals surface area contributed by atoms with Gasteiger partial charge in [0.15, 0.2) is 5.82 Å². The molecule has 1 aromatic rings. The first-order valence-electron chi connectivity index (χ1n) is 7.97. The Balaban J connectivity index is 1.70. The van der Waals surface area contributed by atoms with Crippen LogP contribution in [0.3, 0.4) is 0 Å². The van der Waals surface area contributed by atoms with Crippen LogP contribution in [0.25, 0.3) is 0 Å². The zero-order valence-electron chi connectivity index (χ0n) is 12.7. The smallest absolute Gasteiger partial charge is 0.151 e. The van der Waals surface area contributed by atoms with Crippen molar-refractivity contribution in [2.45, 2.75) is 38.3 Å². The number of aliphatic hydroxyl groups excluding tert-OH is 1. The van der Waals surface area contributed by atoms with Gasteiger partial charge >= 0.3 is 0 Å². The highest BCUT2D eigenvalue weighted by molar-refractivity contribution is 5.66. The Kier molecular flexibility index (Phi) is 4.60. The van der Waals surface area contributed by atoms with E-state index < -0.39 is 0 Å². The number of rotatable bonds is 4. The third-order valence-corrected chi connectivity index (χ3v) is 4.68. The summed E-state index contributed by atoms with van der Waals surface area (Å²) < 4.78 is 5.63.